The molecule has 0 spiro atoms. The Morgan fingerprint density at radius 1 is 1.24 bits per heavy atom. The zero-order valence-corrected chi connectivity index (χ0v) is 17.7. The molecule has 1 aliphatic rings. The lowest BCUT2D eigenvalue weighted by Crippen LogP contribution is -2.56. The van der Waals surface area contributed by atoms with E-state index < -0.39 is 5.50 Å². The average Bonchev–Trinajstić information content (AvgIpc) is 3.24. The summed E-state index contributed by atoms with van der Waals surface area (Å²) in [5.41, 5.74) is 0.415. The second kappa shape index (κ2) is 10.4. The van der Waals surface area contributed by atoms with E-state index >= 15 is 0 Å². The molecule has 1 aromatic carbocycles. The molecule has 29 heavy (non-hydrogen) atoms. The van der Waals surface area contributed by atoms with Gasteiger partial charge < -0.3 is 15.5 Å². The lowest BCUT2D eigenvalue weighted by atomic mass is 10.1. The van der Waals surface area contributed by atoms with Gasteiger partial charge in [-0.25, -0.2) is 0 Å². The molecule has 0 bridgehead atoms. The van der Waals surface area contributed by atoms with E-state index in [1.165, 1.54) is 11.8 Å². The summed E-state index contributed by atoms with van der Waals surface area (Å²) < 4.78 is 0. The molecule has 9 heteroatoms. The van der Waals surface area contributed by atoms with Gasteiger partial charge in [0, 0.05) is 36.5 Å². The first-order valence-corrected chi connectivity index (χ1v) is 11.2. The number of nitrogens with zero attached hydrogens (tertiary/aromatic N) is 1. The van der Waals surface area contributed by atoms with Crippen molar-refractivity contribution in [3.8, 4) is 0 Å². The molecule has 1 aromatic heterocycles. The lowest BCUT2D eigenvalue weighted by Gasteiger charge is -2.31. The number of nitrogens with one attached hydrogen (secondary N) is 3. The number of amides is 3. The Bertz CT molecular complexity index is 830. The SMILES string of the molecule is CN(C(=O)CSC1NC(=O)CC(CC(=O)NCc2cccs2)N1)c1ccccc1. The molecule has 3 amide bonds. The average molecular weight is 433 g/mol. The smallest absolute Gasteiger partial charge is 0.236 e. The van der Waals surface area contributed by atoms with E-state index in [-0.39, 0.29) is 42.4 Å². The molecular weight excluding hydrogens is 408 g/mol. The Balaban J connectivity index is 1.44. The maximum absolute atomic E-state index is 12.4. The highest BCUT2D eigenvalue weighted by Gasteiger charge is 2.28. The topological polar surface area (TPSA) is 90.5 Å². The van der Waals surface area contributed by atoms with Crippen molar-refractivity contribution in [1.82, 2.24) is 16.0 Å². The lowest BCUT2D eigenvalue weighted by molar-refractivity contribution is -0.125. The molecule has 2 unspecified atom stereocenters. The standard InChI is InChI=1S/C20H24N4O3S2/c1-24(15-6-3-2-4-7-15)19(27)13-29-20-22-14(11-18(26)23-20)10-17(25)21-12-16-8-5-9-28-16/h2-9,14,20,22H,10-13H2,1H3,(H,21,25)(H,23,26). The first kappa shape index (κ1) is 21.4. The maximum Gasteiger partial charge on any atom is 0.236 e. The van der Waals surface area contributed by atoms with Gasteiger partial charge in [-0.05, 0) is 23.6 Å². The summed E-state index contributed by atoms with van der Waals surface area (Å²) in [6.07, 6.45) is 0.453. The van der Waals surface area contributed by atoms with E-state index in [0.717, 1.165) is 10.6 Å². The van der Waals surface area contributed by atoms with Crippen LogP contribution in [0.15, 0.2) is 47.8 Å². The highest BCUT2D eigenvalue weighted by Crippen LogP contribution is 2.17. The van der Waals surface area contributed by atoms with Crippen molar-refractivity contribution in [2.45, 2.75) is 30.9 Å². The van der Waals surface area contributed by atoms with Gasteiger partial charge in [-0.3, -0.25) is 19.7 Å². The van der Waals surface area contributed by atoms with Crippen molar-refractivity contribution in [3.63, 3.8) is 0 Å². The van der Waals surface area contributed by atoms with Gasteiger partial charge in [-0.1, -0.05) is 24.3 Å². The molecule has 0 radical (unpaired) electrons. The van der Waals surface area contributed by atoms with Crippen LogP contribution in [0.1, 0.15) is 17.7 Å². The molecule has 154 valence electrons. The van der Waals surface area contributed by atoms with Gasteiger partial charge in [0.25, 0.3) is 0 Å². The number of thiophene rings is 1. The van der Waals surface area contributed by atoms with Crippen LogP contribution >= 0.6 is 23.1 Å². The predicted molar refractivity (Wildman–Crippen MR) is 117 cm³/mol. The maximum atomic E-state index is 12.4. The number of carbonyl (C=O) groups excluding carboxylic acids is 3. The number of thioether (sulfide) groups is 1. The monoisotopic (exact) mass is 432 g/mol. The van der Waals surface area contributed by atoms with E-state index in [1.54, 1.807) is 23.3 Å². The first-order valence-electron chi connectivity index (χ1n) is 9.29. The fourth-order valence-electron chi connectivity index (χ4n) is 2.91. The van der Waals surface area contributed by atoms with Gasteiger partial charge in [0.2, 0.25) is 17.7 Å². The number of anilines is 1. The van der Waals surface area contributed by atoms with Crippen LogP contribution in [0.2, 0.25) is 0 Å². The molecule has 0 aliphatic carbocycles. The van der Waals surface area contributed by atoms with Crippen LogP contribution in [-0.4, -0.2) is 42.1 Å². The third kappa shape index (κ3) is 6.59. The fraction of sp³-hybridized carbons (Fsp3) is 0.350. The number of para-hydroxylation sites is 1. The van der Waals surface area contributed by atoms with Gasteiger partial charge in [-0.2, -0.15) is 0 Å². The van der Waals surface area contributed by atoms with E-state index in [9.17, 15) is 14.4 Å². The minimum absolute atomic E-state index is 0.0620. The van der Waals surface area contributed by atoms with Crippen LogP contribution in [-0.2, 0) is 20.9 Å². The second-order valence-electron chi connectivity index (χ2n) is 6.67. The fourth-order valence-corrected chi connectivity index (χ4v) is 4.56. The van der Waals surface area contributed by atoms with Gasteiger partial charge in [-0.15, -0.1) is 23.1 Å². The molecule has 1 aliphatic heterocycles. The van der Waals surface area contributed by atoms with Crippen molar-refractivity contribution >= 4 is 46.5 Å². The third-order valence-corrected chi connectivity index (χ3v) is 6.35. The molecule has 2 heterocycles. The number of carbonyl (C=O) groups is 3. The van der Waals surface area contributed by atoms with Crippen LogP contribution in [0.4, 0.5) is 5.69 Å². The van der Waals surface area contributed by atoms with Crippen LogP contribution in [0, 0.1) is 0 Å². The molecule has 3 rings (SSSR count). The van der Waals surface area contributed by atoms with Gasteiger partial charge in [0.1, 0.15) is 5.50 Å². The molecule has 2 atom stereocenters. The Kier molecular flexibility index (Phi) is 7.68. The predicted octanol–water partition coefficient (Wildman–Crippen LogP) is 1.91. The quantitative estimate of drug-likeness (QED) is 0.593. The zero-order chi connectivity index (χ0) is 20.6. The number of rotatable bonds is 8. The Morgan fingerprint density at radius 3 is 2.76 bits per heavy atom. The summed E-state index contributed by atoms with van der Waals surface area (Å²) in [6, 6.07) is 13.0. The van der Waals surface area contributed by atoms with Crippen molar-refractivity contribution in [2.24, 2.45) is 0 Å². The first-order chi connectivity index (χ1) is 14.0. The van der Waals surface area contributed by atoms with Crippen LogP contribution < -0.4 is 20.9 Å². The summed E-state index contributed by atoms with van der Waals surface area (Å²) in [6.45, 7) is 0.494. The number of benzene rings is 1. The van der Waals surface area contributed by atoms with Crippen LogP contribution in [0.3, 0.4) is 0 Å². The highest BCUT2D eigenvalue weighted by molar-refractivity contribution is 8.00. The van der Waals surface area contributed by atoms with E-state index in [4.69, 9.17) is 0 Å². The minimum Gasteiger partial charge on any atom is -0.351 e. The second-order valence-corrected chi connectivity index (χ2v) is 8.80. The third-order valence-electron chi connectivity index (χ3n) is 4.47. The summed E-state index contributed by atoms with van der Waals surface area (Å²) in [7, 11) is 1.73. The van der Waals surface area contributed by atoms with Crippen molar-refractivity contribution < 1.29 is 14.4 Å². The summed E-state index contributed by atoms with van der Waals surface area (Å²) in [5, 5.41) is 10.9. The van der Waals surface area contributed by atoms with Crippen LogP contribution in [0.5, 0.6) is 0 Å². The molecule has 2 aromatic rings. The summed E-state index contributed by atoms with van der Waals surface area (Å²) in [4.78, 5) is 39.3. The van der Waals surface area contributed by atoms with Gasteiger partial charge in [0.15, 0.2) is 0 Å². The van der Waals surface area contributed by atoms with Gasteiger partial charge in [0.05, 0.1) is 12.3 Å². The van der Waals surface area contributed by atoms with E-state index in [2.05, 4.69) is 16.0 Å². The minimum atomic E-state index is -0.403. The Hall–Kier alpha value is -2.36. The Labute approximate surface area is 178 Å². The van der Waals surface area contributed by atoms with Gasteiger partial charge >= 0.3 is 0 Å². The van der Waals surface area contributed by atoms with Crippen molar-refractivity contribution in [1.29, 1.82) is 0 Å². The summed E-state index contributed by atoms with van der Waals surface area (Å²) >= 11 is 2.90. The molecular formula is C20H24N4O3S2. The summed E-state index contributed by atoms with van der Waals surface area (Å²) in [5.74, 6) is -0.0795. The van der Waals surface area contributed by atoms with Crippen molar-refractivity contribution in [3.05, 3.63) is 52.7 Å². The number of hydrogen-bond donors (Lipinski definition) is 3. The Morgan fingerprint density at radius 2 is 2.03 bits per heavy atom. The zero-order valence-electron chi connectivity index (χ0n) is 16.1. The normalized spacial score (nSPS) is 18.7. The van der Waals surface area contributed by atoms with Crippen LogP contribution in [0.25, 0.3) is 0 Å². The van der Waals surface area contributed by atoms with E-state index in [0.29, 0.717) is 6.54 Å². The molecule has 3 N–H and O–H groups in total. The molecule has 1 fully saturated rings. The number of hydrogen-bond acceptors (Lipinski definition) is 6. The van der Waals surface area contributed by atoms with E-state index in [1.807, 2.05) is 47.8 Å². The molecule has 7 nitrogen and oxygen atoms in total. The largest absolute Gasteiger partial charge is 0.351 e. The van der Waals surface area contributed by atoms with Crippen molar-refractivity contribution in [2.75, 3.05) is 17.7 Å². The molecule has 1 saturated heterocycles. The highest BCUT2D eigenvalue weighted by atomic mass is 32.2. The molecule has 0 saturated carbocycles.